The third-order valence-corrected chi connectivity index (χ3v) is 2.58. The molecule has 1 aromatic rings. The Hall–Kier alpha value is -1.12. The molecule has 2 N–H and O–H groups in total. The standard InChI is InChI=1S/C10H15N3/c1-7-12-9-6-4-2-3-5-8(9)10(11)13-7/h2-6H2,1H3,(H2,11,12,13). The predicted molar refractivity (Wildman–Crippen MR) is 52.4 cm³/mol. The van der Waals surface area contributed by atoms with E-state index in [0.717, 1.165) is 18.7 Å². The van der Waals surface area contributed by atoms with E-state index in [1.54, 1.807) is 0 Å². The molecule has 1 aromatic heterocycles. The number of rotatable bonds is 0. The highest BCUT2D eigenvalue weighted by Crippen LogP contribution is 2.22. The lowest BCUT2D eigenvalue weighted by Gasteiger charge is -2.07. The molecule has 0 unspecified atom stereocenters. The molecule has 0 aromatic carbocycles. The molecule has 0 saturated heterocycles. The van der Waals surface area contributed by atoms with Gasteiger partial charge in [-0.15, -0.1) is 0 Å². The minimum atomic E-state index is 0.699. The number of nitrogen functional groups attached to an aromatic ring is 1. The van der Waals surface area contributed by atoms with Crippen LogP contribution in [0.25, 0.3) is 0 Å². The Morgan fingerprint density at radius 2 is 1.85 bits per heavy atom. The van der Waals surface area contributed by atoms with Crippen LogP contribution in [-0.2, 0) is 12.8 Å². The summed E-state index contributed by atoms with van der Waals surface area (Å²) < 4.78 is 0. The predicted octanol–water partition coefficient (Wildman–Crippen LogP) is 1.64. The number of hydrogen-bond donors (Lipinski definition) is 1. The van der Waals surface area contributed by atoms with Crippen molar-refractivity contribution in [2.75, 3.05) is 5.73 Å². The first-order chi connectivity index (χ1) is 6.27. The first kappa shape index (κ1) is 8.48. The summed E-state index contributed by atoms with van der Waals surface area (Å²) in [6.07, 6.45) is 5.88. The summed E-state index contributed by atoms with van der Waals surface area (Å²) in [5.74, 6) is 1.50. The molecule has 1 aliphatic rings. The average Bonchev–Trinajstić information content (AvgIpc) is 2.28. The molecule has 3 heteroatoms. The van der Waals surface area contributed by atoms with Crippen molar-refractivity contribution in [2.24, 2.45) is 0 Å². The lowest BCUT2D eigenvalue weighted by Crippen LogP contribution is -2.06. The lowest BCUT2D eigenvalue weighted by molar-refractivity contribution is 0.708. The topological polar surface area (TPSA) is 51.8 Å². The molecule has 0 spiro atoms. The third kappa shape index (κ3) is 1.64. The van der Waals surface area contributed by atoms with E-state index in [4.69, 9.17) is 5.73 Å². The quantitative estimate of drug-likeness (QED) is 0.613. The van der Waals surface area contributed by atoms with Crippen molar-refractivity contribution < 1.29 is 0 Å². The molecule has 0 atom stereocenters. The zero-order chi connectivity index (χ0) is 9.26. The van der Waals surface area contributed by atoms with Crippen LogP contribution < -0.4 is 5.73 Å². The number of aryl methyl sites for hydroxylation is 2. The Morgan fingerprint density at radius 1 is 1.08 bits per heavy atom. The number of aromatic nitrogens is 2. The summed E-state index contributed by atoms with van der Waals surface area (Å²) in [4.78, 5) is 8.64. The Labute approximate surface area is 78.4 Å². The van der Waals surface area contributed by atoms with Crippen LogP contribution in [-0.4, -0.2) is 9.97 Å². The Bertz CT molecular complexity index is 320. The fourth-order valence-electron chi connectivity index (χ4n) is 1.93. The van der Waals surface area contributed by atoms with Crippen LogP contribution >= 0.6 is 0 Å². The van der Waals surface area contributed by atoms with Gasteiger partial charge in [0.1, 0.15) is 11.6 Å². The van der Waals surface area contributed by atoms with Crippen molar-refractivity contribution >= 4 is 5.82 Å². The summed E-state index contributed by atoms with van der Waals surface area (Å²) in [6, 6.07) is 0. The maximum absolute atomic E-state index is 5.86. The molecule has 0 amide bonds. The molecule has 70 valence electrons. The highest BCUT2D eigenvalue weighted by molar-refractivity contribution is 5.42. The van der Waals surface area contributed by atoms with Gasteiger partial charge in [0.05, 0.1) is 0 Å². The first-order valence-electron chi connectivity index (χ1n) is 4.89. The molecule has 0 bridgehead atoms. The second-order valence-corrected chi connectivity index (χ2v) is 3.64. The summed E-state index contributed by atoms with van der Waals surface area (Å²) >= 11 is 0. The molecule has 0 saturated carbocycles. The van der Waals surface area contributed by atoms with Gasteiger partial charge in [0.15, 0.2) is 0 Å². The van der Waals surface area contributed by atoms with E-state index in [1.165, 1.54) is 30.5 Å². The van der Waals surface area contributed by atoms with Crippen LogP contribution in [0.3, 0.4) is 0 Å². The van der Waals surface area contributed by atoms with E-state index in [0.29, 0.717) is 5.82 Å². The fraction of sp³-hybridized carbons (Fsp3) is 0.600. The smallest absolute Gasteiger partial charge is 0.130 e. The highest BCUT2D eigenvalue weighted by atomic mass is 14.9. The van der Waals surface area contributed by atoms with Crippen LogP contribution in [0.2, 0.25) is 0 Å². The van der Waals surface area contributed by atoms with Crippen molar-refractivity contribution in [2.45, 2.75) is 39.0 Å². The van der Waals surface area contributed by atoms with E-state index in [1.807, 2.05) is 6.92 Å². The van der Waals surface area contributed by atoms with Crippen LogP contribution in [0.1, 0.15) is 36.3 Å². The largest absolute Gasteiger partial charge is 0.383 e. The van der Waals surface area contributed by atoms with Crippen LogP contribution in [0.15, 0.2) is 0 Å². The lowest BCUT2D eigenvalue weighted by atomic mass is 10.1. The van der Waals surface area contributed by atoms with Gasteiger partial charge in [0, 0.05) is 11.3 Å². The van der Waals surface area contributed by atoms with Crippen LogP contribution in [0.5, 0.6) is 0 Å². The Morgan fingerprint density at radius 3 is 2.69 bits per heavy atom. The SMILES string of the molecule is Cc1nc(N)c2c(n1)CCCCC2. The maximum Gasteiger partial charge on any atom is 0.130 e. The number of fused-ring (bicyclic) bond motifs is 1. The molecule has 1 aliphatic carbocycles. The molecule has 1 heterocycles. The van der Waals surface area contributed by atoms with Crippen LogP contribution in [0, 0.1) is 6.92 Å². The van der Waals surface area contributed by atoms with Crippen molar-refractivity contribution in [3.8, 4) is 0 Å². The second kappa shape index (κ2) is 3.32. The minimum Gasteiger partial charge on any atom is -0.383 e. The van der Waals surface area contributed by atoms with Crippen molar-refractivity contribution in [3.63, 3.8) is 0 Å². The average molecular weight is 177 g/mol. The van der Waals surface area contributed by atoms with Gasteiger partial charge >= 0.3 is 0 Å². The number of anilines is 1. The van der Waals surface area contributed by atoms with Gasteiger partial charge in [-0.3, -0.25) is 0 Å². The third-order valence-electron chi connectivity index (χ3n) is 2.58. The Balaban J connectivity index is 2.47. The van der Waals surface area contributed by atoms with Gasteiger partial charge < -0.3 is 5.73 Å². The first-order valence-corrected chi connectivity index (χ1v) is 4.89. The van der Waals surface area contributed by atoms with Crippen molar-refractivity contribution in [3.05, 3.63) is 17.1 Å². The van der Waals surface area contributed by atoms with Crippen molar-refractivity contribution in [1.29, 1.82) is 0 Å². The van der Waals surface area contributed by atoms with E-state index < -0.39 is 0 Å². The molecule has 0 aliphatic heterocycles. The molecular weight excluding hydrogens is 162 g/mol. The number of nitrogens with two attached hydrogens (primary N) is 1. The van der Waals surface area contributed by atoms with Gasteiger partial charge in [-0.1, -0.05) is 6.42 Å². The van der Waals surface area contributed by atoms with Gasteiger partial charge in [-0.2, -0.15) is 0 Å². The molecule has 3 nitrogen and oxygen atoms in total. The Kier molecular flexibility index (Phi) is 2.17. The fourth-order valence-corrected chi connectivity index (χ4v) is 1.93. The number of nitrogens with zero attached hydrogens (tertiary/aromatic N) is 2. The highest BCUT2D eigenvalue weighted by Gasteiger charge is 2.13. The van der Waals surface area contributed by atoms with Gasteiger partial charge in [0.2, 0.25) is 0 Å². The minimum absolute atomic E-state index is 0.699. The summed E-state index contributed by atoms with van der Waals surface area (Å²) in [7, 11) is 0. The summed E-state index contributed by atoms with van der Waals surface area (Å²) in [6.45, 7) is 1.90. The van der Waals surface area contributed by atoms with E-state index in [9.17, 15) is 0 Å². The molecule has 13 heavy (non-hydrogen) atoms. The van der Waals surface area contributed by atoms with E-state index in [2.05, 4.69) is 9.97 Å². The zero-order valence-corrected chi connectivity index (χ0v) is 8.01. The maximum atomic E-state index is 5.86. The normalized spacial score (nSPS) is 16.4. The summed E-state index contributed by atoms with van der Waals surface area (Å²) in [5.41, 5.74) is 8.24. The molecule has 0 radical (unpaired) electrons. The molecule has 2 rings (SSSR count). The molecular formula is C10H15N3. The van der Waals surface area contributed by atoms with Gasteiger partial charge in [-0.25, -0.2) is 9.97 Å². The van der Waals surface area contributed by atoms with Crippen LogP contribution in [0.4, 0.5) is 5.82 Å². The second-order valence-electron chi connectivity index (χ2n) is 3.64. The van der Waals surface area contributed by atoms with E-state index in [-0.39, 0.29) is 0 Å². The van der Waals surface area contributed by atoms with E-state index >= 15 is 0 Å². The monoisotopic (exact) mass is 177 g/mol. The van der Waals surface area contributed by atoms with Gasteiger partial charge in [0.25, 0.3) is 0 Å². The molecule has 0 fully saturated rings. The van der Waals surface area contributed by atoms with Crippen molar-refractivity contribution in [1.82, 2.24) is 9.97 Å². The summed E-state index contributed by atoms with van der Waals surface area (Å²) in [5, 5.41) is 0. The number of hydrogen-bond acceptors (Lipinski definition) is 3. The zero-order valence-electron chi connectivity index (χ0n) is 8.01. The van der Waals surface area contributed by atoms with Gasteiger partial charge in [-0.05, 0) is 32.6 Å².